The van der Waals surface area contributed by atoms with E-state index in [4.69, 9.17) is 0 Å². The molecule has 0 saturated heterocycles. The van der Waals surface area contributed by atoms with Gasteiger partial charge in [-0.2, -0.15) is 0 Å². The summed E-state index contributed by atoms with van der Waals surface area (Å²) >= 11 is 0. The molecule has 0 spiro atoms. The summed E-state index contributed by atoms with van der Waals surface area (Å²) in [4.78, 5) is 0. The number of hydrogen-bond acceptors (Lipinski definition) is 0. The quantitative estimate of drug-likeness (QED) is 0.314. The van der Waals surface area contributed by atoms with Crippen LogP contribution in [0.5, 0.6) is 0 Å². The van der Waals surface area contributed by atoms with Gasteiger partial charge in [-0.05, 0) is 0 Å². The molecule has 0 unspecified atom stereocenters. The molecule has 0 saturated carbocycles. The fraction of sp³-hybridized carbons (Fsp3) is 0. The molecule has 5 heavy (non-hydrogen) atoms. The predicted octanol–water partition coefficient (Wildman–Crippen LogP) is -9.19. The van der Waals surface area contributed by atoms with Gasteiger partial charge in [-0.1, -0.05) is 0 Å². The molecule has 18 valence electrons. The monoisotopic (exact) mass is 166 g/mol. The zero-order chi connectivity index (χ0) is 0. The Morgan fingerprint density at radius 3 is 1.20 bits per heavy atom. The van der Waals surface area contributed by atoms with Crippen LogP contribution < -0.4 is 93.3 Å². The molecule has 0 aromatic rings. The van der Waals surface area contributed by atoms with Crippen LogP contribution in [0.3, 0.4) is 0 Å². The second-order valence-corrected chi connectivity index (χ2v) is 0. The Kier molecular flexibility index (Phi) is 150. The first kappa shape index (κ1) is 32.5. The summed E-state index contributed by atoms with van der Waals surface area (Å²) in [5.74, 6) is 0. The van der Waals surface area contributed by atoms with Crippen LogP contribution in [0.15, 0.2) is 0 Å². The fourth-order valence-electron chi connectivity index (χ4n) is 0. The summed E-state index contributed by atoms with van der Waals surface area (Å²) in [6, 6.07) is 0. The van der Waals surface area contributed by atoms with Crippen molar-refractivity contribution in [3.63, 3.8) is 0 Å². The Labute approximate surface area is 157 Å². The van der Waals surface area contributed by atoms with Gasteiger partial charge in [0.25, 0.3) is 0 Å². The molecule has 0 bridgehead atoms. The van der Waals surface area contributed by atoms with Crippen molar-refractivity contribution in [3.8, 4) is 0 Å². The molecule has 0 radical (unpaired) electrons. The van der Waals surface area contributed by atoms with Crippen molar-refractivity contribution < 1.29 is 100 Å². The molecule has 0 fully saturated rings. The summed E-state index contributed by atoms with van der Waals surface area (Å²) in [5, 5.41) is 0. The minimum Gasteiger partial charge on any atom is -1.00 e. The zero-order valence-corrected chi connectivity index (χ0v) is 13.3. The molecule has 0 heterocycles. The van der Waals surface area contributed by atoms with Crippen LogP contribution in [0.25, 0.3) is 0 Å². The van der Waals surface area contributed by atoms with Crippen LogP contribution in [0.4, 0.5) is 0 Å². The summed E-state index contributed by atoms with van der Waals surface area (Å²) in [6.45, 7) is 0. The molecule has 0 aliphatic carbocycles. The minimum atomic E-state index is 0. The third-order valence-corrected chi connectivity index (χ3v) is 0. The molecule has 5 heteroatoms. The van der Waals surface area contributed by atoms with E-state index in [1.54, 1.807) is 0 Å². The largest absolute Gasteiger partial charge is 2.00 e. The Balaban J connectivity index is 0. The van der Waals surface area contributed by atoms with Gasteiger partial charge in [0.05, 0.1) is 0 Å². The van der Waals surface area contributed by atoms with Crippen molar-refractivity contribution in [2.45, 2.75) is 0 Å². The molecule has 0 amide bonds. The first-order valence-corrected chi connectivity index (χ1v) is 0. The maximum absolute atomic E-state index is 0. The molecule has 0 rings (SSSR count). The average molecular weight is 167 g/mol. The fourth-order valence-corrected chi connectivity index (χ4v) is 0. The Hall–Kier alpha value is 4.95. The van der Waals surface area contributed by atoms with Crippen molar-refractivity contribution in [3.05, 3.63) is 0 Å². The topological polar surface area (TPSA) is 0 Å². The van der Waals surface area contributed by atoms with Crippen LogP contribution in [0, 0.1) is 0 Å². The predicted molar refractivity (Wildman–Crippen MR) is 17.1 cm³/mol. The normalized spacial score (nSPS) is 0. The maximum atomic E-state index is 0. The van der Waals surface area contributed by atoms with Gasteiger partial charge in [-0.3, -0.25) is 0 Å². The average Bonchev–Trinajstić information content (AvgIpc) is 0. The molecule has 0 aromatic heterocycles. The van der Waals surface area contributed by atoms with E-state index in [1.807, 2.05) is 0 Å². The van der Waals surface area contributed by atoms with E-state index in [0.717, 1.165) is 0 Å². The summed E-state index contributed by atoms with van der Waals surface area (Å²) < 4.78 is 0. The van der Waals surface area contributed by atoms with Crippen LogP contribution in [-0.4, -0.2) is 60.8 Å². The van der Waals surface area contributed by atoms with Crippen molar-refractivity contribution in [1.82, 2.24) is 0 Å². The SMILES string of the molecule is [Ca+2].[Cl-].[H-].[H-].[H-].[H-].[H-].[K+].[Mg+2].[Na+]. The molecule has 0 nitrogen and oxygen atoms in total. The van der Waals surface area contributed by atoms with Crippen molar-refractivity contribution in [1.29, 1.82) is 0 Å². The minimum absolute atomic E-state index is 0. The van der Waals surface area contributed by atoms with E-state index in [9.17, 15) is 0 Å². The van der Waals surface area contributed by atoms with Gasteiger partial charge in [0.15, 0.2) is 0 Å². The maximum Gasteiger partial charge on any atom is 2.00 e. The van der Waals surface area contributed by atoms with Gasteiger partial charge in [0, 0.05) is 0 Å². The number of hydrogen-bond donors (Lipinski definition) is 0. The van der Waals surface area contributed by atoms with Crippen molar-refractivity contribution in [2.24, 2.45) is 0 Å². The Bertz CT molecular complexity index is 21.6. The van der Waals surface area contributed by atoms with Crippen LogP contribution in [-0.2, 0) is 0 Å². The zero-order valence-electron chi connectivity index (χ0n) is 8.79. The molecule has 0 aromatic carbocycles. The Morgan fingerprint density at radius 2 is 1.20 bits per heavy atom. The van der Waals surface area contributed by atoms with E-state index in [-0.39, 0.29) is 161 Å². The second-order valence-electron chi connectivity index (χ2n) is 0. The number of halogens is 1. The Morgan fingerprint density at radius 1 is 1.20 bits per heavy atom. The van der Waals surface area contributed by atoms with Gasteiger partial charge in [-0.15, -0.1) is 0 Å². The standard InChI is InChI=1S/Ca.ClH.K.Mg.Na.5H/h;1H;;;;;;;;/q+2;;+1;+2;+1;5*-1/p-1. The first-order valence-electron chi connectivity index (χ1n) is 0. The number of rotatable bonds is 0. The third-order valence-electron chi connectivity index (χ3n) is 0. The molecular formula is H5CaClKMgNa. The van der Waals surface area contributed by atoms with Crippen LogP contribution in [0.1, 0.15) is 7.13 Å². The van der Waals surface area contributed by atoms with Gasteiger partial charge < -0.3 is 19.5 Å². The van der Waals surface area contributed by atoms with Gasteiger partial charge >= 0.3 is 142 Å². The summed E-state index contributed by atoms with van der Waals surface area (Å²) in [7, 11) is 0. The molecule has 0 N–H and O–H groups in total. The van der Waals surface area contributed by atoms with Crippen LogP contribution >= 0.6 is 0 Å². The summed E-state index contributed by atoms with van der Waals surface area (Å²) in [5.41, 5.74) is 0. The first-order chi connectivity index (χ1) is 0. The van der Waals surface area contributed by atoms with E-state index in [0.29, 0.717) is 0 Å². The second kappa shape index (κ2) is 23.1. The molecule has 0 aliphatic heterocycles. The summed E-state index contributed by atoms with van der Waals surface area (Å²) in [6.07, 6.45) is 0. The van der Waals surface area contributed by atoms with E-state index in [2.05, 4.69) is 0 Å². The third kappa shape index (κ3) is 17.6. The smallest absolute Gasteiger partial charge is 1.00 e. The van der Waals surface area contributed by atoms with Gasteiger partial charge in [0.2, 0.25) is 0 Å². The van der Waals surface area contributed by atoms with E-state index in [1.165, 1.54) is 0 Å². The van der Waals surface area contributed by atoms with Crippen LogP contribution in [0.2, 0.25) is 0 Å². The van der Waals surface area contributed by atoms with E-state index < -0.39 is 0 Å². The van der Waals surface area contributed by atoms with Crippen molar-refractivity contribution >= 4 is 60.8 Å². The molecular weight excluding hydrogens is 162 g/mol. The van der Waals surface area contributed by atoms with Gasteiger partial charge in [-0.25, -0.2) is 0 Å². The molecule has 0 aliphatic rings. The van der Waals surface area contributed by atoms with E-state index >= 15 is 0 Å². The molecule has 0 atom stereocenters. The van der Waals surface area contributed by atoms with Crippen molar-refractivity contribution in [2.75, 3.05) is 0 Å². The van der Waals surface area contributed by atoms with Gasteiger partial charge in [0.1, 0.15) is 0 Å².